The Kier molecular flexibility index (Phi) is 9.36. The maximum atomic E-state index is 12.2. The van der Waals surface area contributed by atoms with Crippen LogP contribution >= 0.6 is 11.8 Å². The lowest BCUT2D eigenvalue weighted by Gasteiger charge is -2.41. The van der Waals surface area contributed by atoms with Crippen molar-refractivity contribution in [2.24, 2.45) is 5.92 Å². The second-order valence-electron chi connectivity index (χ2n) is 10.2. The first kappa shape index (κ1) is 28.8. The van der Waals surface area contributed by atoms with Gasteiger partial charge in [0.1, 0.15) is 0 Å². The van der Waals surface area contributed by atoms with E-state index in [2.05, 4.69) is 30.4 Å². The minimum absolute atomic E-state index is 0.0128. The number of nitrogens with zero attached hydrogens (tertiary/aromatic N) is 1. The number of rotatable bonds is 9. The number of aliphatic hydroxyl groups is 1. The third-order valence-corrected chi connectivity index (χ3v) is 8.40. The average Bonchev–Trinajstić information content (AvgIpc) is 3.00. The van der Waals surface area contributed by atoms with Gasteiger partial charge in [-0.2, -0.15) is 4.73 Å². The van der Waals surface area contributed by atoms with Crippen LogP contribution < -0.4 is 10.0 Å². The third kappa shape index (κ3) is 7.15. The van der Waals surface area contributed by atoms with Crippen LogP contribution in [0.15, 0.2) is 102 Å². The van der Waals surface area contributed by atoms with Crippen molar-refractivity contribution in [1.29, 1.82) is 0 Å². The zero-order valence-corrected chi connectivity index (χ0v) is 23.9. The molecule has 0 unspecified atom stereocenters. The Bertz CT molecular complexity index is 1460. The van der Waals surface area contributed by atoms with Crippen molar-refractivity contribution in [3.05, 3.63) is 125 Å². The number of thioether (sulfide) groups is 1. The standard InChI is InChI=1S/C33H34N2O5S/c1-22-30(21-41-31-8-3-4-17-35(31)38)39-33(40-32(22)27-11-9-24(20-36)10-12-27)28-15-13-26(14-16-28)29-7-5-6-25(18-29)19-34-23(2)37/h3-18,22,30,32-33,36H,19-21H2,1-2H3,(H,34,37)/t22-,30+,32+,33+/m1/s1. The summed E-state index contributed by atoms with van der Waals surface area (Å²) < 4.78 is 14.0. The molecule has 5 rings (SSSR count). The fraction of sp³-hybridized carbons (Fsp3) is 0.273. The van der Waals surface area contributed by atoms with Crippen molar-refractivity contribution in [2.75, 3.05) is 5.75 Å². The first-order valence-electron chi connectivity index (χ1n) is 13.7. The Morgan fingerprint density at radius 2 is 1.68 bits per heavy atom. The number of aliphatic hydroxyl groups excluding tert-OH is 1. The lowest BCUT2D eigenvalue weighted by atomic mass is 9.91. The number of hydrogen-bond donors (Lipinski definition) is 2. The summed E-state index contributed by atoms with van der Waals surface area (Å²) in [7, 11) is 0. The van der Waals surface area contributed by atoms with Crippen molar-refractivity contribution in [1.82, 2.24) is 5.32 Å². The number of carbonyl (C=O) groups is 1. The van der Waals surface area contributed by atoms with Gasteiger partial charge in [-0.3, -0.25) is 4.79 Å². The van der Waals surface area contributed by atoms with Crippen LogP contribution in [0.3, 0.4) is 0 Å². The average molecular weight is 571 g/mol. The van der Waals surface area contributed by atoms with E-state index in [1.807, 2.05) is 66.7 Å². The maximum Gasteiger partial charge on any atom is 0.251 e. The highest BCUT2D eigenvalue weighted by Gasteiger charge is 2.38. The van der Waals surface area contributed by atoms with Crippen LogP contribution in [0.1, 0.15) is 48.5 Å². The number of carbonyl (C=O) groups excluding carboxylic acids is 1. The van der Waals surface area contributed by atoms with Crippen LogP contribution in [0.4, 0.5) is 0 Å². The van der Waals surface area contributed by atoms with Gasteiger partial charge in [-0.15, -0.1) is 0 Å². The van der Waals surface area contributed by atoms with Gasteiger partial charge in [0.2, 0.25) is 5.91 Å². The largest absolute Gasteiger partial charge is 0.618 e. The fourth-order valence-electron chi connectivity index (χ4n) is 4.92. The molecule has 1 aliphatic rings. The molecule has 8 heteroatoms. The van der Waals surface area contributed by atoms with E-state index >= 15 is 0 Å². The smallest absolute Gasteiger partial charge is 0.251 e. The normalized spacial score (nSPS) is 20.5. The first-order chi connectivity index (χ1) is 19.9. The molecule has 0 radical (unpaired) electrons. The van der Waals surface area contributed by atoms with E-state index in [1.54, 1.807) is 6.07 Å². The van der Waals surface area contributed by atoms with Crippen LogP contribution in [0.25, 0.3) is 11.1 Å². The SMILES string of the molecule is CC(=O)NCc1cccc(-c2ccc([C@H]3O[C@@H](CSc4cccc[n+]4[O-])[C@@H](C)[C@@H](c4ccc(CO)cc4)O3)cc2)c1. The summed E-state index contributed by atoms with van der Waals surface area (Å²) in [6, 6.07) is 29.5. The molecule has 4 atom stereocenters. The molecule has 0 spiro atoms. The number of benzene rings is 3. The zero-order valence-electron chi connectivity index (χ0n) is 23.1. The Hall–Kier alpha value is -3.69. The quantitative estimate of drug-likeness (QED) is 0.152. The third-order valence-electron chi connectivity index (χ3n) is 7.29. The Labute approximate surface area is 244 Å². The summed E-state index contributed by atoms with van der Waals surface area (Å²) in [5.41, 5.74) is 5.91. The van der Waals surface area contributed by atoms with Gasteiger partial charge in [0.05, 0.1) is 18.8 Å². The predicted molar refractivity (Wildman–Crippen MR) is 158 cm³/mol. The highest BCUT2D eigenvalue weighted by molar-refractivity contribution is 7.99. The van der Waals surface area contributed by atoms with E-state index in [9.17, 15) is 15.1 Å². The maximum absolute atomic E-state index is 12.2. The topological polar surface area (TPSA) is 94.7 Å². The van der Waals surface area contributed by atoms with Crippen LogP contribution in [-0.4, -0.2) is 22.9 Å². The minimum atomic E-state index is -0.588. The highest BCUT2D eigenvalue weighted by Crippen LogP contribution is 2.43. The molecule has 7 nitrogen and oxygen atoms in total. The Morgan fingerprint density at radius 1 is 0.927 bits per heavy atom. The lowest BCUT2D eigenvalue weighted by molar-refractivity contribution is -0.645. The van der Waals surface area contributed by atoms with Crippen molar-refractivity contribution in [2.45, 2.75) is 50.5 Å². The number of amides is 1. The van der Waals surface area contributed by atoms with Gasteiger partial charge in [0.25, 0.3) is 5.03 Å². The predicted octanol–water partition coefficient (Wildman–Crippen LogP) is 5.70. The van der Waals surface area contributed by atoms with E-state index in [0.717, 1.165) is 38.1 Å². The van der Waals surface area contributed by atoms with Gasteiger partial charge in [0.15, 0.2) is 12.5 Å². The van der Waals surface area contributed by atoms with Crippen LogP contribution in [-0.2, 0) is 27.4 Å². The lowest BCUT2D eigenvalue weighted by Crippen LogP contribution is -2.39. The van der Waals surface area contributed by atoms with Crippen molar-refractivity contribution in [3.8, 4) is 11.1 Å². The molecule has 1 aromatic heterocycles. The molecule has 1 saturated heterocycles. The summed E-state index contributed by atoms with van der Waals surface area (Å²) in [6.45, 7) is 4.09. The number of ether oxygens (including phenoxy) is 2. The number of aromatic nitrogens is 1. The van der Waals surface area contributed by atoms with Crippen molar-refractivity contribution >= 4 is 17.7 Å². The molecule has 0 aliphatic carbocycles. The first-order valence-corrected chi connectivity index (χ1v) is 14.6. The van der Waals surface area contributed by atoms with Crippen LogP contribution in [0.5, 0.6) is 0 Å². The van der Waals surface area contributed by atoms with E-state index < -0.39 is 6.29 Å². The summed E-state index contributed by atoms with van der Waals surface area (Å²) in [6.07, 6.45) is 0.510. The molecule has 41 heavy (non-hydrogen) atoms. The summed E-state index contributed by atoms with van der Waals surface area (Å²) >= 11 is 1.48. The minimum Gasteiger partial charge on any atom is -0.618 e. The van der Waals surface area contributed by atoms with Gasteiger partial charge in [-0.1, -0.05) is 85.4 Å². The number of nitrogens with one attached hydrogen (secondary N) is 1. The van der Waals surface area contributed by atoms with Gasteiger partial charge in [-0.05, 0) is 39.9 Å². The summed E-state index contributed by atoms with van der Waals surface area (Å²) in [5, 5.41) is 25.2. The monoisotopic (exact) mass is 570 g/mol. The molecule has 1 fully saturated rings. The van der Waals surface area contributed by atoms with Gasteiger partial charge in [-0.25, -0.2) is 0 Å². The number of hydrogen-bond acceptors (Lipinski definition) is 6. The molecule has 0 saturated carbocycles. The van der Waals surface area contributed by atoms with E-state index in [-0.39, 0.29) is 30.6 Å². The summed E-state index contributed by atoms with van der Waals surface area (Å²) in [5.74, 6) is 0.558. The van der Waals surface area contributed by atoms with Crippen molar-refractivity contribution < 1.29 is 24.1 Å². The molecule has 4 aromatic rings. The molecular weight excluding hydrogens is 536 g/mol. The fourth-order valence-corrected chi connectivity index (χ4v) is 6.00. The van der Waals surface area contributed by atoms with E-state index in [1.165, 1.54) is 24.9 Å². The van der Waals surface area contributed by atoms with E-state index in [0.29, 0.717) is 17.3 Å². The molecular formula is C33H34N2O5S. The molecule has 2 heterocycles. The van der Waals surface area contributed by atoms with Crippen molar-refractivity contribution in [3.63, 3.8) is 0 Å². The molecule has 2 N–H and O–H groups in total. The van der Waals surface area contributed by atoms with E-state index in [4.69, 9.17) is 9.47 Å². The Balaban J connectivity index is 1.37. The second kappa shape index (κ2) is 13.3. The molecule has 1 aliphatic heterocycles. The molecule has 0 bridgehead atoms. The Morgan fingerprint density at radius 3 is 2.39 bits per heavy atom. The summed E-state index contributed by atoms with van der Waals surface area (Å²) in [4.78, 5) is 11.3. The van der Waals surface area contributed by atoms with Gasteiger partial charge in [0, 0.05) is 42.8 Å². The molecule has 3 aromatic carbocycles. The second-order valence-corrected chi connectivity index (χ2v) is 11.3. The zero-order chi connectivity index (χ0) is 28.8. The molecule has 212 valence electrons. The molecule has 1 amide bonds. The van der Waals surface area contributed by atoms with Crippen LogP contribution in [0, 0.1) is 11.1 Å². The van der Waals surface area contributed by atoms with Gasteiger partial charge >= 0.3 is 0 Å². The van der Waals surface area contributed by atoms with Crippen LogP contribution in [0.2, 0.25) is 0 Å². The number of pyridine rings is 1. The highest BCUT2D eigenvalue weighted by atomic mass is 32.2. The van der Waals surface area contributed by atoms with Gasteiger partial charge < -0.3 is 25.1 Å².